The van der Waals surface area contributed by atoms with Crippen molar-refractivity contribution >= 4 is 11.9 Å². The molecule has 0 unspecified atom stereocenters. The van der Waals surface area contributed by atoms with Crippen molar-refractivity contribution in [3.8, 4) is 0 Å². The molecule has 25 heavy (non-hydrogen) atoms. The fourth-order valence-corrected chi connectivity index (χ4v) is 4.77. The van der Waals surface area contributed by atoms with Crippen molar-refractivity contribution in [2.75, 3.05) is 0 Å². The Hall–Kier alpha value is -2.40. The van der Waals surface area contributed by atoms with Crippen LogP contribution in [-0.4, -0.2) is 39.6 Å². The van der Waals surface area contributed by atoms with E-state index in [1.165, 1.54) is 0 Å². The molecule has 3 aliphatic rings. The summed E-state index contributed by atoms with van der Waals surface area (Å²) in [6.07, 6.45) is 5.52. The van der Waals surface area contributed by atoms with Gasteiger partial charge >= 0.3 is 5.97 Å². The van der Waals surface area contributed by atoms with Crippen LogP contribution in [0, 0.1) is 11.8 Å². The highest BCUT2D eigenvalue weighted by atomic mass is 16.5. The lowest BCUT2D eigenvalue weighted by atomic mass is 9.74. The summed E-state index contributed by atoms with van der Waals surface area (Å²) in [4.78, 5) is 26.9. The molecule has 1 N–H and O–H groups in total. The highest BCUT2D eigenvalue weighted by molar-refractivity contribution is 5.91. The van der Waals surface area contributed by atoms with Gasteiger partial charge in [0, 0.05) is 0 Å². The Morgan fingerprint density at radius 3 is 2.80 bits per heavy atom. The molecule has 1 spiro atoms. The molecule has 0 radical (unpaired) electrons. The molecular weight excluding hydrogens is 318 g/mol. The fourth-order valence-electron chi connectivity index (χ4n) is 4.77. The number of carboxylic acids is 1. The number of aliphatic carboxylic acids is 1. The maximum Gasteiger partial charge on any atom is 0.310 e. The summed E-state index contributed by atoms with van der Waals surface area (Å²) in [5, 5.41) is 9.65. The number of carbonyl (C=O) groups excluding carboxylic acids is 1. The molecule has 5 nitrogen and oxygen atoms in total. The van der Waals surface area contributed by atoms with Gasteiger partial charge in [-0.05, 0) is 18.9 Å². The summed E-state index contributed by atoms with van der Waals surface area (Å²) in [6.45, 7) is 5.81. The van der Waals surface area contributed by atoms with E-state index in [4.69, 9.17) is 4.74 Å². The standard InChI is InChI=1S/C20H21NO4/c1-3-7-15-20-11-10-14(25-20)16(19(23)24)17(20)18(22)21(15)12(2)13-8-5-4-6-9-13/h3-6,8-12,14-17H,1,7H2,2H3,(H,23,24)/t12-,14+,15-,16-,17-,20+/m0/s1. The van der Waals surface area contributed by atoms with Gasteiger partial charge in [-0.15, -0.1) is 6.58 Å². The third-order valence-corrected chi connectivity index (χ3v) is 5.84. The van der Waals surface area contributed by atoms with E-state index in [-0.39, 0.29) is 18.0 Å². The molecule has 1 amide bonds. The predicted octanol–water partition coefficient (Wildman–Crippen LogP) is 2.56. The molecule has 0 aromatic heterocycles. The Kier molecular flexibility index (Phi) is 3.58. The van der Waals surface area contributed by atoms with Crippen molar-refractivity contribution in [3.63, 3.8) is 0 Å². The number of carbonyl (C=O) groups is 2. The summed E-state index contributed by atoms with van der Waals surface area (Å²) >= 11 is 0. The lowest BCUT2D eigenvalue weighted by Crippen LogP contribution is -2.45. The van der Waals surface area contributed by atoms with Gasteiger partial charge in [-0.3, -0.25) is 9.59 Å². The monoisotopic (exact) mass is 339 g/mol. The maximum absolute atomic E-state index is 13.3. The average Bonchev–Trinajstić information content (AvgIpc) is 3.24. The van der Waals surface area contributed by atoms with Gasteiger partial charge in [-0.1, -0.05) is 48.6 Å². The van der Waals surface area contributed by atoms with Gasteiger partial charge in [0.2, 0.25) is 5.91 Å². The number of carboxylic acid groups (broad SMARTS) is 1. The molecule has 1 aromatic carbocycles. The van der Waals surface area contributed by atoms with E-state index in [9.17, 15) is 14.7 Å². The number of benzene rings is 1. The average molecular weight is 339 g/mol. The van der Waals surface area contributed by atoms with Crippen LogP contribution in [0.15, 0.2) is 55.1 Å². The molecule has 2 fully saturated rings. The normalized spacial score (nSPS) is 36.5. The molecule has 4 rings (SSSR count). The Labute approximate surface area is 146 Å². The molecule has 3 aliphatic heterocycles. The number of fused-ring (bicyclic) bond motifs is 1. The summed E-state index contributed by atoms with van der Waals surface area (Å²) < 4.78 is 6.11. The molecule has 3 heterocycles. The van der Waals surface area contributed by atoms with Crippen molar-refractivity contribution in [1.82, 2.24) is 4.90 Å². The van der Waals surface area contributed by atoms with Crippen molar-refractivity contribution in [1.29, 1.82) is 0 Å². The first-order chi connectivity index (χ1) is 12.0. The number of hydrogen-bond acceptors (Lipinski definition) is 3. The summed E-state index contributed by atoms with van der Waals surface area (Å²) in [5.41, 5.74) is 0.161. The zero-order chi connectivity index (χ0) is 17.8. The van der Waals surface area contributed by atoms with Gasteiger partial charge in [0.05, 0.1) is 24.1 Å². The SMILES string of the molecule is C=CC[C@@H]1N([C@@H](C)c2ccccc2)C(=O)[C@@H]2[C@@H](C(=O)O)[C@H]3C=C[C@]21O3. The molecule has 130 valence electrons. The maximum atomic E-state index is 13.3. The number of ether oxygens (including phenoxy) is 1. The summed E-state index contributed by atoms with van der Waals surface area (Å²) in [6, 6.07) is 9.37. The van der Waals surface area contributed by atoms with Gasteiger partial charge in [-0.2, -0.15) is 0 Å². The van der Waals surface area contributed by atoms with E-state index in [0.717, 1.165) is 5.56 Å². The second-order valence-electron chi connectivity index (χ2n) is 7.01. The van der Waals surface area contributed by atoms with Gasteiger partial charge in [0.1, 0.15) is 11.5 Å². The highest BCUT2D eigenvalue weighted by Crippen LogP contribution is 2.57. The molecule has 5 heteroatoms. The van der Waals surface area contributed by atoms with E-state index >= 15 is 0 Å². The van der Waals surface area contributed by atoms with Gasteiger partial charge in [0.15, 0.2) is 0 Å². The number of amides is 1. The Morgan fingerprint density at radius 2 is 2.16 bits per heavy atom. The van der Waals surface area contributed by atoms with Crippen LogP contribution < -0.4 is 0 Å². The first-order valence-corrected chi connectivity index (χ1v) is 8.59. The summed E-state index contributed by atoms with van der Waals surface area (Å²) in [5.74, 6) is -2.60. The van der Waals surface area contributed by atoms with Gasteiger partial charge < -0.3 is 14.7 Å². The number of hydrogen-bond donors (Lipinski definition) is 1. The Morgan fingerprint density at radius 1 is 1.44 bits per heavy atom. The minimum absolute atomic E-state index is 0.137. The molecule has 2 bridgehead atoms. The summed E-state index contributed by atoms with van der Waals surface area (Å²) in [7, 11) is 0. The third-order valence-electron chi connectivity index (χ3n) is 5.84. The Bertz CT molecular complexity index is 758. The molecular formula is C20H21NO4. The quantitative estimate of drug-likeness (QED) is 0.837. The number of rotatable bonds is 5. The van der Waals surface area contributed by atoms with E-state index in [1.807, 2.05) is 48.2 Å². The van der Waals surface area contributed by atoms with Crippen molar-refractivity contribution < 1.29 is 19.4 Å². The van der Waals surface area contributed by atoms with Crippen LogP contribution in [0.1, 0.15) is 24.9 Å². The van der Waals surface area contributed by atoms with E-state index < -0.39 is 29.5 Å². The molecule has 6 atom stereocenters. The van der Waals surface area contributed by atoms with Crippen LogP contribution in [0.5, 0.6) is 0 Å². The van der Waals surface area contributed by atoms with Crippen LogP contribution in [0.2, 0.25) is 0 Å². The van der Waals surface area contributed by atoms with E-state index in [0.29, 0.717) is 6.42 Å². The first-order valence-electron chi connectivity index (χ1n) is 8.59. The van der Waals surface area contributed by atoms with Crippen molar-refractivity contribution in [2.45, 2.75) is 37.1 Å². The smallest absolute Gasteiger partial charge is 0.310 e. The predicted molar refractivity (Wildman–Crippen MR) is 91.7 cm³/mol. The van der Waals surface area contributed by atoms with Crippen molar-refractivity contribution in [3.05, 3.63) is 60.7 Å². The topological polar surface area (TPSA) is 66.8 Å². The lowest BCUT2D eigenvalue weighted by molar-refractivity contribution is -0.149. The van der Waals surface area contributed by atoms with Crippen molar-refractivity contribution in [2.24, 2.45) is 11.8 Å². The molecule has 0 aliphatic carbocycles. The van der Waals surface area contributed by atoms with Gasteiger partial charge in [-0.25, -0.2) is 0 Å². The first kappa shape index (κ1) is 16.1. The van der Waals surface area contributed by atoms with Gasteiger partial charge in [0.25, 0.3) is 0 Å². The minimum atomic E-state index is -0.971. The largest absolute Gasteiger partial charge is 0.481 e. The highest BCUT2D eigenvalue weighted by Gasteiger charge is 2.71. The molecule has 0 saturated carbocycles. The van der Waals surface area contributed by atoms with Crippen LogP contribution >= 0.6 is 0 Å². The van der Waals surface area contributed by atoms with E-state index in [2.05, 4.69) is 6.58 Å². The number of nitrogens with zero attached hydrogens (tertiary/aromatic N) is 1. The second-order valence-corrected chi connectivity index (χ2v) is 7.01. The zero-order valence-corrected chi connectivity index (χ0v) is 14.0. The van der Waals surface area contributed by atoms with E-state index in [1.54, 1.807) is 12.2 Å². The zero-order valence-electron chi connectivity index (χ0n) is 14.0. The molecule has 1 aromatic rings. The molecule has 2 saturated heterocycles. The van der Waals surface area contributed by atoms with Crippen LogP contribution in [-0.2, 0) is 14.3 Å². The minimum Gasteiger partial charge on any atom is -0.481 e. The van der Waals surface area contributed by atoms with Crippen LogP contribution in [0.25, 0.3) is 0 Å². The fraction of sp³-hybridized carbons (Fsp3) is 0.400. The van der Waals surface area contributed by atoms with Crippen LogP contribution in [0.4, 0.5) is 0 Å². The Balaban J connectivity index is 1.78. The number of likely N-dealkylation sites (tertiary alicyclic amines) is 1. The third kappa shape index (κ3) is 2.05. The second kappa shape index (κ2) is 5.56. The lowest BCUT2D eigenvalue weighted by Gasteiger charge is -2.36. The van der Waals surface area contributed by atoms with Crippen LogP contribution in [0.3, 0.4) is 0 Å².